The predicted octanol–water partition coefficient (Wildman–Crippen LogP) is 4.00. The smallest absolute Gasteiger partial charge is 0.129 e. The molecular formula is C16H15F3O. The number of aryl methyl sites for hydroxylation is 2. The second-order valence-corrected chi connectivity index (χ2v) is 4.93. The molecule has 0 radical (unpaired) electrons. The van der Waals surface area contributed by atoms with Gasteiger partial charge in [0.1, 0.15) is 17.5 Å². The molecule has 1 atom stereocenters. The topological polar surface area (TPSA) is 20.2 Å². The quantitative estimate of drug-likeness (QED) is 0.901. The maximum absolute atomic E-state index is 13.9. The summed E-state index contributed by atoms with van der Waals surface area (Å²) in [7, 11) is 0. The third-order valence-electron chi connectivity index (χ3n) is 3.24. The number of halogens is 3. The van der Waals surface area contributed by atoms with Gasteiger partial charge in [-0.05, 0) is 42.7 Å². The summed E-state index contributed by atoms with van der Waals surface area (Å²) >= 11 is 0. The minimum atomic E-state index is -1.17. The number of rotatable bonds is 3. The molecule has 1 N–H and O–H groups in total. The third-order valence-corrected chi connectivity index (χ3v) is 3.24. The molecule has 0 aromatic heterocycles. The molecule has 0 saturated carbocycles. The molecule has 106 valence electrons. The summed E-state index contributed by atoms with van der Waals surface area (Å²) in [5.74, 6) is -1.94. The Hall–Kier alpha value is -1.81. The maximum atomic E-state index is 13.9. The van der Waals surface area contributed by atoms with E-state index in [1.54, 1.807) is 19.9 Å². The van der Waals surface area contributed by atoms with Crippen molar-refractivity contribution in [3.05, 3.63) is 70.0 Å². The van der Waals surface area contributed by atoms with Crippen LogP contribution in [-0.4, -0.2) is 5.11 Å². The first-order valence-corrected chi connectivity index (χ1v) is 6.27. The lowest BCUT2D eigenvalue weighted by molar-refractivity contribution is 0.171. The van der Waals surface area contributed by atoms with Crippen molar-refractivity contribution in [1.29, 1.82) is 0 Å². The molecule has 1 unspecified atom stereocenters. The Morgan fingerprint density at radius 1 is 1.00 bits per heavy atom. The van der Waals surface area contributed by atoms with E-state index in [4.69, 9.17) is 0 Å². The molecule has 2 aromatic carbocycles. The Labute approximate surface area is 115 Å². The molecule has 0 bridgehead atoms. The van der Waals surface area contributed by atoms with Crippen LogP contribution in [0, 0.1) is 31.3 Å². The monoisotopic (exact) mass is 280 g/mol. The highest BCUT2D eigenvalue weighted by Gasteiger charge is 2.18. The third kappa shape index (κ3) is 3.02. The second-order valence-electron chi connectivity index (χ2n) is 4.93. The first-order chi connectivity index (χ1) is 9.38. The predicted molar refractivity (Wildman–Crippen MR) is 70.9 cm³/mol. The summed E-state index contributed by atoms with van der Waals surface area (Å²) in [4.78, 5) is 0. The molecule has 0 aliphatic carbocycles. The van der Waals surface area contributed by atoms with E-state index < -0.39 is 23.6 Å². The summed E-state index contributed by atoms with van der Waals surface area (Å²) in [5, 5.41) is 10.1. The van der Waals surface area contributed by atoms with Gasteiger partial charge in [-0.2, -0.15) is 0 Å². The summed E-state index contributed by atoms with van der Waals surface area (Å²) in [6.07, 6.45) is -1.28. The minimum absolute atomic E-state index is 0.104. The van der Waals surface area contributed by atoms with E-state index in [9.17, 15) is 18.3 Å². The van der Waals surface area contributed by atoms with Crippen molar-refractivity contribution in [3.63, 3.8) is 0 Å². The molecule has 0 fully saturated rings. The zero-order valence-electron chi connectivity index (χ0n) is 11.3. The zero-order chi connectivity index (χ0) is 14.9. The van der Waals surface area contributed by atoms with Gasteiger partial charge in [-0.1, -0.05) is 12.1 Å². The van der Waals surface area contributed by atoms with Gasteiger partial charge in [0.2, 0.25) is 0 Å². The lowest BCUT2D eigenvalue weighted by Crippen LogP contribution is -2.08. The van der Waals surface area contributed by atoms with Gasteiger partial charge in [0.15, 0.2) is 0 Å². The SMILES string of the molecule is Cc1cc(C)c(C(O)Cc2ccc(F)cc2F)c(F)c1. The van der Waals surface area contributed by atoms with E-state index >= 15 is 0 Å². The van der Waals surface area contributed by atoms with Crippen LogP contribution in [0.5, 0.6) is 0 Å². The Kier molecular flexibility index (Phi) is 4.14. The number of benzene rings is 2. The highest BCUT2D eigenvalue weighted by molar-refractivity contribution is 5.34. The molecule has 4 heteroatoms. The lowest BCUT2D eigenvalue weighted by Gasteiger charge is -2.16. The lowest BCUT2D eigenvalue weighted by atomic mass is 9.95. The van der Waals surface area contributed by atoms with Gasteiger partial charge < -0.3 is 5.11 Å². The zero-order valence-corrected chi connectivity index (χ0v) is 11.3. The number of aliphatic hydroxyl groups is 1. The normalized spacial score (nSPS) is 12.5. The van der Waals surface area contributed by atoms with Crippen LogP contribution < -0.4 is 0 Å². The molecule has 0 saturated heterocycles. The minimum Gasteiger partial charge on any atom is -0.388 e. The van der Waals surface area contributed by atoms with E-state index in [0.717, 1.165) is 17.7 Å². The van der Waals surface area contributed by atoms with Crippen molar-refractivity contribution in [2.45, 2.75) is 26.4 Å². The highest BCUT2D eigenvalue weighted by atomic mass is 19.1. The molecule has 2 aromatic rings. The highest BCUT2D eigenvalue weighted by Crippen LogP contribution is 2.26. The van der Waals surface area contributed by atoms with Crippen molar-refractivity contribution in [1.82, 2.24) is 0 Å². The van der Waals surface area contributed by atoms with Crippen molar-refractivity contribution < 1.29 is 18.3 Å². The van der Waals surface area contributed by atoms with Crippen LogP contribution in [0.25, 0.3) is 0 Å². The van der Waals surface area contributed by atoms with Gasteiger partial charge in [0, 0.05) is 18.1 Å². The van der Waals surface area contributed by atoms with Crippen LogP contribution in [-0.2, 0) is 6.42 Å². The average Bonchev–Trinajstić information content (AvgIpc) is 2.31. The van der Waals surface area contributed by atoms with Gasteiger partial charge in [-0.25, -0.2) is 13.2 Å². The first-order valence-electron chi connectivity index (χ1n) is 6.27. The summed E-state index contributed by atoms with van der Waals surface area (Å²) < 4.78 is 40.3. The van der Waals surface area contributed by atoms with Crippen LogP contribution in [0.1, 0.15) is 28.4 Å². The molecule has 2 rings (SSSR count). The fraction of sp³-hybridized carbons (Fsp3) is 0.250. The molecule has 0 aliphatic rings. The van der Waals surface area contributed by atoms with Gasteiger partial charge >= 0.3 is 0 Å². The van der Waals surface area contributed by atoms with E-state index in [1.807, 2.05) is 0 Å². The summed E-state index contributed by atoms with van der Waals surface area (Å²) in [5.41, 5.74) is 1.67. The van der Waals surface area contributed by atoms with Crippen LogP contribution in [0.2, 0.25) is 0 Å². The van der Waals surface area contributed by atoms with Crippen LogP contribution in [0.3, 0.4) is 0 Å². The van der Waals surface area contributed by atoms with Crippen molar-refractivity contribution >= 4 is 0 Å². The fourth-order valence-corrected chi connectivity index (χ4v) is 2.35. The summed E-state index contributed by atoms with van der Waals surface area (Å²) in [6.45, 7) is 3.45. The average molecular weight is 280 g/mol. The fourth-order valence-electron chi connectivity index (χ4n) is 2.35. The van der Waals surface area contributed by atoms with E-state index in [-0.39, 0.29) is 17.5 Å². The molecule has 0 heterocycles. The first kappa shape index (κ1) is 14.6. The maximum Gasteiger partial charge on any atom is 0.129 e. The molecule has 1 nitrogen and oxygen atoms in total. The second kappa shape index (κ2) is 5.67. The standard InChI is InChI=1S/C16H15F3O/c1-9-5-10(2)16(14(19)6-9)15(20)7-11-3-4-12(17)8-13(11)18/h3-6,8,15,20H,7H2,1-2H3. The molecule has 20 heavy (non-hydrogen) atoms. The Balaban J connectivity index is 2.31. The number of hydrogen-bond acceptors (Lipinski definition) is 1. The Morgan fingerprint density at radius 3 is 2.30 bits per heavy atom. The molecular weight excluding hydrogens is 265 g/mol. The summed E-state index contributed by atoms with van der Waals surface area (Å²) in [6, 6.07) is 6.20. The number of hydrogen-bond donors (Lipinski definition) is 1. The molecule has 0 spiro atoms. The van der Waals surface area contributed by atoms with Crippen molar-refractivity contribution in [3.8, 4) is 0 Å². The van der Waals surface area contributed by atoms with Crippen molar-refractivity contribution in [2.24, 2.45) is 0 Å². The Bertz CT molecular complexity index is 615. The largest absolute Gasteiger partial charge is 0.388 e. The van der Waals surface area contributed by atoms with Crippen molar-refractivity contribution in [2.75, 3.05) is 0 Å². The van der Waals surface area contributed by atoms with E-state index in [1.165, 1.54) is 12.1 Å². The van der Waals surface area contributed by atoms with Gasteiger partial charge in [-0.15, -0.1) is 0 Å². The van der Waals surface area contributed by atoms with E-state index in [2.05, 4.69) is 0 Å². The van der Waals surface area contributed by atoms with Crippen LogP contribution in [0.15, 0.2) is 30.3 Å². The molecule has 0 aliphatic heterocycles. The van der Waals surface area contributed by atoms with E-state index in [0.29, 0.717) is 5.56 Å². The van der Waals surface area contributed by atoms with Gasteiger partial charge in [0.25, 0.3) is 0 Å². The molecule has 0 amide bonds. The number of aliphatic hydroxyl groups excluding tert-OH is 1. The van der Waals surface area contributed by atoms with Gasteiger partial charge in [0.05, 0.1) is 6.10 Å². The van der Waals surface area contributed by atoms with Crippen LogP contribution >= 0.6 is 0 Å². The van der Waals surface area contributed by atoms with Gasteiger partial charge in [-0.3, -0.25) is 0 Å². The van der Waals surface area contributed by atoms with Crippen LogP contribution in [0.4, 0.5) is 13.2 Å². The Morgan fingerprint density at radius 2 is 1.70 bits per heavy atom.